The topological polar surface area (TPSA) is 30.3 Å². The summed E-state index contributed by atoms with van der Waals surface area (Å²) in [5, 5.41) is 8.03. The van der Waals surface area contributed by atoms with Gasteiger partial charge in [-0.15, -0.1) is 0 Å². The van der Waals surface area contributed by atoms with Gasteiger partial charge in [-0.05, 0) is 19.2 Å². The number of piperazine rings is 1. The lowest BCUT2D eigenvalue weighted by atomic mass is 10.1. The Bertz CT molecular complexity index is 462. The van der Waals surface area contributed by atoms with Gasteiger partial charge in [-0.2, -0.15) is 13.2 Å². The molecule has 104 valence electrons. The van der Waals surface area contributed by atoms with Crippen molar-refractivity contribution in [1.29, 1.82) is 5.41 Å². The van der Waals surface area contributed by atoms with Gasteiger partial charge in [0, 0.05) is 31.7 Å². The van der Waals surface area contributed by atoms with E-state index in [2.05, 4.69) is 4.90 Å². The highest BCUT2D eigenvalue weighted by Gasteiger charge is 2.31. The second-order valence-electron chi connectivity index (χ2n) is 4.72. The fourth-order valence-corrected chi connectivity index (χ4v) is 2.06. The first kappa shape index (κ1) is 13.9. The van der Waals surface area contributed by atoms with Crippen molar-refractivity contribution in [2.45, 2.75) is 6.18 Å². The van der Waals surface area contributed by atoms with Gasteiger partial charge in [0.25, 0.3) is 0 Å². The van der Waals surface area contributed by atoms with Crippen molar-refractivity contribution < 1.29 is 13.2 Å². The zero-order valence-electron chi connectivity index (χ0n) is 10.7. The predicted molar refractivity (Wildman–Crippen MR) is 67.3 cm³/mol. The lowest BCUT2D eigenvalue weighted by molar-refractivity contribution is -0.137. The van der Waals surface area contributed by atoms with Crippen LogP contribution in [-0.2, 0) is 6.18 Å². The Labute approximate surface area is 110 Å². The third kappa shape index (κ3) is 3.26. The number of rotatable bonds is 1. The predicted octanol–water partition coefficient (Wildman–Crippen LogP) is 2.28. The third-order valence-electron chi connectivity index (χ3n) is 3.28. The van der Waals surface area contributed by atoms with Gasteiger partial charge in [-0.25, -0.2) is 0 Å². The molecule has 0 amide bonds. The van der Waals surface area contributed by atoms with Crippen LogP contribution in [0.25, 0.3) is 0 Å². The molecule has 1 N–H and O–H groups in total. The van der Waals surface area contributed by atoms with Gasteiger partial charge < -0.3 is 9.80 Å². The number of hydrogen-bond acceptors (Lipinski definition) is 2. The summed E-state index contributed by atoms with van der Waals surface area (Å²) in [5.41, 5.74) is -0.386. The number of benzene rings is 1. The molecular weight excluding hydrogens is 255 g/mol. The quantitative estimate of drug-likeness (QED) is 0.627. The summed E-state index contributed by atoms with van der Waals surface area (Å²) in [6.07, 6.45) is -4.36. The van der Waals surface area contributed by atoms with E-state index >= 15 is 0 Å². The van der Waals surface area contributed by atoms with Crippen molar-refractivity contribution in [2.75, 3.05) is 33.2 Å². The van der Waals surface area contributed by atoms with Crippen molar-refractivity contribution in [3.63, 3.8) is 0 Å². The first-order chi connectivity index (χ1) is 8.88. The van der Waals surface area contributed by atoms with E-state index in [-0.39, 0.29) is 5.84 Å². The second-order valence-corrected chi connectivity index (χ2v) is 4.72. The molecule has 1 aromatic rings. The van der Waals surface area contributed by atoms with Crippen LogP contribution in [0.3, 0.4) is 0 Å². The van der Waals surface area contributed by atoms with Crippen LogP contribution in [0.15, 0.2) is 24.3 Å². The van der Waals surface area contributed by atoms with Gasteiger partial charge in [-0.3, -0.25) is 5.41 Å². The van der Waals surface area contributed by atoms with E-state index in [1.807, 2.05) is 11.9 Å². The normalized spacial score (nSPS) is 17.6. The molecule has 2 rings (SSSR count). The van der Waals surface area contributed by atoms with Crippen LogP contribution in [0.4, 0.5) is 13.2 Å². The van der Waals surface area contributed by atoms with Gasteiger partial charge in [0.2, 0.25) is 0 Å². The van der Waals surface area contributed by atoms with E-state index in [0.29, 0.717) is 18.7 Å². The molecule has 1 heterocycles. The number of alkyl halides is 3. The van der Waals surface area contributed by atoms with E-state index in [1.165, 1.54) is 6.07 Å². The monoisotopic (exact) mass is 271 g/mol. The zero-order valence-corrected chi connectivity index (χ0v) is 10.7. The zero-order chi connectivity index (χ0) is 14.0. The fourth-order valence-electron chi connectivity index (χ4n) is 2.06. The molecule has 0 aromatic heterocycles. The van der Waals surface area contributed by atoms with Gasteiger partial charge in [0.05, 0.1) is 5.56 Å². The first-order valence-corrected chi connectivity index (χ1v) is 6.07. The van der Waals surface area contributed by atoms with Crippen LogP contribution >= 0.6 is 0 Å². The van der Waals surface area contributed by atoms with E-state index in [9.17, 15) is 13.2 Å². The molecular formula is C13H16F3N3. The average molecular weight is 271 g/mol. The summed E-state index contributed by atoms with van der Waals surface area (Å²) in [5.74, 6) is 0.166. The Hall–Kier alpha value is -1.56. The molecule has 0 unspecified atom stereocenters. The third-order valence-corrected chi connectivity index (χ3v) is 3.28. The van der Waals surface area contributed by atoms with Crippen LogP contribution in [0.1, 0.15) is 11.1 Å². The Morgan fingerprint density at radius 2 is 1.79 bits per heavy atom. The summed E-state index contributed by atoms with van der Waals surface area (Å²) in [6.45, 7) is 2.99. The van der Waals surface area contributed by atoms with Gasteiger partial charge >= 0.3 is 6.18 Å². The van der Waals surface area contributed by atoms with Gasteiger partial charge in [0.15, 0.2) is 0 Å². The summed E-state index contributed by atoms with van der Waals surface area (Å²) in [6, 6.07) is 4.97. The highest BCUT2D eigenvalue weighted by Crippen LogP contribution is 2.29. The molecule has 0 bridgehead atoms. The molecule has 1 aromatic carbocycles. The maximum Gasteiger partial charge on any atom is 0.416 e. The van der Waals surface area contributed by atoms with Crippen molar-refractivity contribution >= 4 is 5.84 Å². The Balaban J connectivity index is 2.15. The number of amidine groups is 1. The molecule has 3 nitrogen and oxygen atoms in total. The minimum Gasteiger partial charge on any atom is -0.354 e. The van der Waals surface area contributed by atoms with Crippen molar-refractivity contribution in [2.24, 2.45) is 0 Å². The van der Waals surface area contributed by atoms with Crippen molar-refractivity contribution in [1.82, 2.24) is 9.80 Å². The van der Waals surface area contributed by atoms with Crippen LogP contribution in [0, 0.1) is 5.41 Å². The Morgan fingerprint density at radius 1 is 1.16 bits per heavy atom. The summed E-state index contributed by atoms with van der Waals surface area (Å²) >= 11 is 0. The molecule has 1 fully saturated rings. The molecule has 1 aliphatic rings. The number of hydrogen-bond donors (Lipinski definition) is 1. The van der Waals surface area contributed by atoms with Gasteiger partial charge in [0.1, 0.15) is 5.84 Å². The number of likely N-dealkylation sites (N-methyl/N-ethyl adjacent to an activating group) is 1. The van der Waals surface area contributed by atoms with Crippen LogP contribution in [0.5, 0.6) is 0 Å². The van der Waals surface area contributed by atoms with Crippen LogP contribution < -0.4 is 0 Å². The molecule has 0 radical (unpaired) electrons. The Kier molecular flexibility index (Phi) is 3.80. The first-order valence-electron chi connectivity index (χ1n) is 6.07. The lowest BCUT2D eigenvalue weighted by Gasteiger charge is -2.34. The van der Waals surface area contributed by atoms with E-state index in [1.54, 1.807) is 6.07 Å². The highest BCUT2D eigenvalue weighted by molar-refractivity contribution is 5.96. The molecule has 0 spiro atoms. The van der Waals surface area contributed by atoms with E-state index in [0.717, 1.165) is 25.2 Å². The van der Waals surface area contributed by atoms with Gasteiger partial charge in [-0.1, -0.05) is 12.1 Å². The standard InChI is InChI=1S/C13H16F3N3/c1-18-5-7-19(8-6-18)12(17)10-3-2-4-11(9-10)13(14,15)16/h2-4,9,17H,5-8H2,1H3. The summed E-state index contributed by atoms with van der Waals surface area (Å²) < 4.78 is 37.9. The second kappa shape index (κ2) is 5.21. The molecule has 0 atom stereocenters. The van der Waals surface area contributed by atoms with E-state index in [4.69, 9.17) is 5.41 Å². The SMILES string of the molecule is CN1CCN(C(=N)c2cccc(C(F)(F)F)c2)CC1. The number of halogens is 3. The summed E-state index contributed by atoms with van der Waals surface area (Å²) in [4.78, 5) is 3.95. The maximum absolute atomic E-state index is 12.6. The van der Waals surface area contributed by atoms with Crippen LogP contribution in [-0.4, -0.2) is 48.9 Å². The molecule has 0 saturated carbocycles. The van der Waals surface area contributed by atoms with Crippen molar-refractivity contribution in [3.05, 3.63) is 35.4 Å². The molecule has 1 saturated heterocycles. The highest BCUT2D eigenvalue weighted by atomic mass is 19.4. The Morgan fingerprint density at radius 3 is 2.37 bits per heavy atom. The molecule has 1 aliphatic heterocycles. The van der Waals surface area contributed by atoms with E-state index < -0.39 is 11.7 Å². The van der Waals surface area contributed by atoms with Crippen LogP contribution in [0.2, 0.25) is 0 Å². The maximum atomic E-state index is 12.6. The minimum absolute atomic E-state index is 0.166. The number of nitrogens with zero attached hydrogens (tertiary/aromatic N) is 2. The summed E-state index contributed by atoms with van der Waals surface area (Å²) in [7, 11) is 1.99. The van der Waals surface area contributed by atoms with Crippen molar-refractivity contribution in [3.8, 4) is 0 Å². The largest absolute Gasteiger partial charge is 0.416 e. The molecule has 0 aliphatic carbocycles. The average Bonchev–Trinajstić information content (AvgIpc) is 2.38. The lowest BCUT2D eigenvalue weighted by Crippen LogP contribution is -2.47. The molecule has 19 heavy (non-hydrogen) atoms. The fraction of sp³-hybridized carbons (Fsp3) is 0.462. The number of nitrogens with one attached hydrogen (secondary N) is 1. The molecule has 6 heteroatoms. The smallest absolute Gasteiger partial charge is 0.354 e. The minimum atomic E-state index is -4.36.